The molecule has 0 radical (unpaired) electrons. The standard InChI is InChI=1S/C19H24N2O5S/c22-18(15-26-19(23)16-7-3-1-4-8-16)20-11-13-21(14-12-20)27(24,25)17-9-5-2-6-10-17/h1-3,5-6,9-10,16H,4,7-8,11-15H2/t16-/m0/s1. The fourth-order valence-corrected chi connectivity index (χ4v) is 4.71. The van der Waals surface area contributed by atoms with Crippen molar-refractivity contribution in [2.45, 2.75) is 24.2 Å². The van der Waals surface area contributed by atoms with Gasteiger partial charge in [-0.05, 0) is 31.4 Å². The van der Waals surface area contributed by atoms with Crippen molar-refractivity contribution in [3.8, 4) is 0 Å². The summed E-state index contributed by atoms with van der Waals surface area (Å²) < 4.78 is 31.7. The summed E-state index contributed by atoms with van der Waals surface area (Å²) in [5, 5.41) is 0. The Morgan fingerprint density at radius 2 is 1.74 bits per heavy atom. The van der Waals surface area contributed by atoms with Crippen molar-refractivity contribution in [1.82, 2.24) is 9.21 Å². The highest BCUT2D eigenvalue weighted by atomic mass is 32.2. The van der Waals surface area contributed by atoms with Gasteiger partial charge in [0, 0.05) is 26.2 Å². The molecular weight excluding hydrogens is 368 g/mol. The summed E-state index contributed by atoms with van der Waals surface area (Å²) in [6.45, 7) is 0.738. The highest BCUT2D eigenvalue weighted by Crippen LogP contribution is 2.20. The number of ether oxygens (including phenoxy) is 1. The summed E-state index contributed by atoms with van der Waals surface area (Å²) in [6, 6.07) is 8.26. The molecule has 0 saturated carbocycles. The van der Waals surface area contributed by atoms with E-state index < -0.39 is 10.0 Å². The largest absolute Gasteiger partial charge is 0.455 e. The third-order valence-electron chi connectivity index (χ3n) is 4.91. The minimum Gasteiger partial charge on any atom is -0.455 e. The van der Waals surface area contributed by atoms with E-state index in [0.29, 0.717) is 6.42 Å². The van der Waals surface area contributed by atoms with E-state index in [-0.39, 0.29) is 55.5 Å². The molecule has 1 atom stereocenters. The van der Waals surface area contributed by atoms with Crippen LogP contribution in [0.5, 0.6) is 0 Å². The SMILES string of the molecule is O=C(OCC(=O)N1CCN(S(=O)(=O)c2ccccc2)CC1)[C@H]1CC=CCC1. The Kier molecular flexibility index (Phi) is 6.28. The molecule has 27 heavy (non-hydrogen) atoms. The van der Waals surface area contributed by atoms with Gasteiger partial charge in [-0.2, -0.15) is 4.31 Å². The average molecular weight is 392 g/mol. The molecule has 0 unspecified atom stereocenters. The third kappa shape index (κ3) is 4.75. The molecule has 1 saturated heterocycles. The van der Waals surface area contributed by atoms with Crippen molar-refractivity contribution in [3.05, 3.63) is 42.5 Å². The lowest BCUT2D eigenvalue weighted by atomic mass is 9.95. The molecule has 0 N–H and O–H groups in total. The van der Waals surface area contributed by atoms with Gasteiger partial charge in [-0.3, -0.25) is 9.59 Å². The van der Waals surface area contributed by atoms with Crippen molar-refractivity contribution in [2.75, 3.05) is 32.8 Å². The lowest BCUT2D eigenvalue weighted by molar-refractivity contribution is -0.156. The third-order valence-corrected chi connectivity index (χ3v) is 6.83. The summed E-state index contributed by atoms with van der Waals surface area (Å²) in [5.41, 5.74) is 0. The molecule has 0 aromatic heterocycles. The van der Waals surface area contributed by atoms with Gasteiger partial charge < -0.3 is 9.64 Å². The van der Waals surface area contributed by atoms with Crippen LogP contribution in [0.4, 0.5) is 0 Å². The maximum Gasteiger partial charge on any atom is 0.309 e. The zero-order valence-corrected chi connectivity index (χ0v) is 15.9. The smallest absolute Gasteiger partial charge is 0.309 e. The maximum absolute atomic E-state index is 12.6. The van der Waals surface area contributed by atoms with E-state index in [1.807, 2.05) is 12.2 Å². The number of benzene rings is 1. The van der Waals surface area contributed by atoms with E-state index in [1.165, 1.54) is 4.31 Å². The molecule has 1 aliphatic heterocycles. The first-order valence-corrected chi connectivity index (χ1v) is 10.6. The van der Waals surface area contributed by atoms with Crippen LogP contribution in [0.15, 0.2) is 47.4 Å². The maximum atomic E-state index is 12.6. The highest BCUT2D eigenvalue weighted by Gasteiger charge is 2.30. The number of amides is 1. The second kappa shape index (κ2) is 8.67. The van der Waals surface area contributed by atoms with Gasteiger partial charge in [0.1, 0.15) is 0 Å². The number of piperazine rings is 1. The lowest BCUT2D eigenvalue weighted by Crippen LogP contribution is -2.51. The van der Waals surface area contributed by atoms with Crippen LogP contribution >= 0.6 is 0 Å². The molecule has 1 aliphatic carbocycles. The summed E-state index contributed by atoms with van der Waals surface area (Å²) >= 11 is 0. The molecule has 146 valence electrons. The molecule has 1 heterocycles. The van der Waals surface area contributed by atoms with Crippen LogP contribution in [0.3, 0.4) is 0 Å². The number of esters is 1. The van der Waals surface area contributed by atoms with E-state index in [4.69, 9.17) is 4.74 Å². The number of nitrogens with zero attached hydrogens (tertiary/aromatic N) is 2. The number of hydrogen-bond donors (Lipinski definition) is 0. The Labute approximate surface area is 159 Å². The molecule has 3 rings (SSSR count). The molecule has 8 heteroatoms. The van der Waals surface area contributed by atoms with Crippen molar-refractivity contribution in [1.29, 1.82) is 0 Å². The van der Waals surface area contributed by atoms with Gasteiger partial charge in [0.05, 0.1) is 10.8 Å². The van der Waals surface area contributed by atoms with Gasteiger partial charge in [0.25, 0.3) is 5.91 Å². The van der Waals surface area contributed by atoms with Gasteiger partial charge in [0.15, 0.2) is 6.61 Å². The fraction of sp³-hybridized carbons (Fsp3) is 0.474. The number of carbonyl (C=O) groups excluding carboxylic acids is 2. The van der Waals surface area contributed by atoms with E-state index in [9.17, 15) is 18.0 Å². The van der Waals surface area contributed by atoms with Crippen LogP contribution < -0.4 is 0 Å². The normalized spacial score (nSPS) is 21.0. The van der Waals surface area contributed by atoms with Crippen LogP contribution in [0.25, 0.3) is 0 Å². The van der Waals surface area contributed by atoms with Gasteiger partial charge in [-0.25, -0.2) is 8.42 Å². The quantitative estimate of drug-likeness (QED) is 0.559. The summed E-state index contributed by atoms with van der Waals surface area (Å²) in [6.07, 6.45) is 6.26. The zero-order valence-electron chi connectivity index (χ0n) is 15.1. The number of sulfonamides is 1. The molecule has 1 aromatic carbocycles. The van der Waals surface area contributed by atoms with Gasteiger partial charge >= 0.3 is 5.97 Å². The topological polar surface area (TPSA) is 84.0 Å². The van der Waals surface area contributed by atoms with Crippen LogP contribution in [-0.4, -0.2) is 62.3 Å². The number of carbonyl (C=O) groups is 2. The first-order valence-electron chi connectivity index (χ1n) is 9.13. The number of rotatable bonds is 5. The number of hydrogen-bond acceptors (Lipinski definition) is 5. The fourth-order valence-electron chi connectivity index (χ4n) is 3.27. The Bertz CT molecular complexity index is 799. The van der Waals surface area contributed by atoms with Gasteiger partial charge in [0.2, 0.25) is 10.0 Å². The van der Waals surface area contributed by atoms with Crippen molar-refractivity contribution < 1.29 is 22.7 Å². The Hall–Kier alpha value is -2.19. The zero-order chi connectivity index (χ0) is 19.3. The van der Waals surface area contributed by atoms with Crippen LogP contribution in [0.1, 0.15) is 19.3 Å². The second-order valence-electron chi connectivity index (χ2n) is 6.69. The first kappa shape index (κ1) is 19.6. The van der Waals surface area contributed by atoms with Crippen molar-refractivity contribution >= 4 is 21.9 Å². The Balaban J connectivity index is 1.48. The minimum atomic E-state index is -3.55. The molecule has 0 spiro atoms. The van der Waals surface area contributed by atoms with Crippen molar-refractivity contribution in [3.63, 3.8) is 0 Å². The summed E-state index contributed by atoms with van der Waals surface area (Å²) in [4.78, 5) is 26.1. The van der Waals surface area contributed by atoms with Crippen LogP contribution in [0, 0.1) is 5.92 Å². The molecule has 0 bridgehead atoms. The van der Waals surface area contributed by atoms with Gasteiger partial charge in [-0.1, -0.05) is 30.4 Å². The molecular formula is C19H24N2O5S. The average Bonchev–Trinajstić information content (AvgIpc) is 2.73. The summed E-state index contributed by atoms with van der Waals surface area (Å²) in [5.74, 6) is -0.792. The van der Waals surface area contributed by atoms with Crippen LogP contribution in [-0.2, 0) is 24.3 Å². The van der Waals surface area contributed by atoms with Crippen molar-refractivity contribution in [2.24, 2.45) is 5.92 Å². The van der Waals surface area contributed by atoms with E-state index in [2.05, 4.69) is 0 Å². The van der Waals surface area contributed by atoms with E-state index in [1.54, 1.807) is 35.2 Å². The lowest BCUT2D eigenvalue weighted by Gasteiger charge is -2.34. The minimum absolute atomic E-state index is 0.171. The number of allylic oxidation sites excluding steroid dienone is 2. The van der Waals surface area contributed by atoms with E-state index >= 15 is 0 Å². The van der Waals surface area contributed by atoms with Crippen LogP contribution in [0.2, 0.25) is 0 Å². The monoisotopic (exact) mass is 392 g/mol. The first-order chi connectivity index (χ1) is 13.0. The summed E-state index contributed by atoms with van der Waals surface area (Å²) in [7, 11) is -3.55. The Morgan fingerprint density at radius 3 is 2.37 bits per heavy atom. The van der Waals surface area contributed by atoms with E-state index in [0.717, 1.165) is 12.8 Å². The molecule has 1 amide bonds. The molecule has 1 aromatic rings. The molecule has 2 aliphatic rings. The molecule has 7 nitrogen and oxygen atoms in total. The highest BCUT2D eigenvalue weighted by molar-refractivity contribution is 7.89. The second-order valence-corrected chi connectivity index (χ2v) is 8.62. The Morgan fingerprint density at radius 1 is 1.04 bits per heavy atom. The van der Waals surface area contributed by atoms with Gasteiger partial charge in [-0.15, -0.1) is 0 Å². The predicted octanol–water partition coefficient (Wildman–Crippen LogP) is 1.42. The molecule has 1 fully saturated rings. The predicted molar refractivity (Wildman–Crippen MR) is 99.2 cm³/mol.